The molecule has 0 radical (unpaired) electrons. The van der Waals surface area contributed by atoms with Crippen molar-refractivity contribution in [2.24, 2.45) is 0 Å². The molecule has 0 aliphatic heterocycles. The smallest absolute Gasteiger partial charge is 0.339 e. The van der Waals surface area contributed by atoms with Crippen LogP contribution in [0.5, 0.6) is 0 Å². The molecule has 2 aromatic rings. The summed E-state index contributed by atoms with van der Waals surface area (Å²) >= 11 is 5.96. The van der Waals surface area contributed by atoms with Crippen LogP contribution in [0, 0.1) is 5.82 Å². The summed E-state index contributed by atoms with van der Waals surface area (Å²) in [7, 11) is 0. The van der Waals surface area contributed by atoms with Crippen LogP contribution >= 0.6 is 11.6 Å². The van der Waals surface area contributed by atoms with Crippen molar-refractivity contribution in [3.63, 3.8) is 0 Å². The normalized spacial score (nSPS) is 10.3. The summed E-state index contributed by atoms with van der Waals surface area (Å²) < 4.78 is 13.3. The quantitative estimate of drug-likeness (QED) is 0.912. The average Bonchev–Trinajstić information content (AvgIpc) is 2.39. The molecular formula is C15H13ClFNO2. The van der Waals surface area contributed by atoms with Gasteiger partial charge >= 0.3 is 5.97 Å². The molecule has 0 saturated heterocycles. The zero-order valence-corrected chi connectivity index (χ0v) is 11.6. The minimum atomic E-state index is -1.11. The molecule has 5 heteroatoms. The predicted molar refractivity (Wildman–Crippen MR) is 77.5 cm³/mol. The highest BCUT2D eigenvalue weighted by Gasteiger charge is 2.19. The lowest BCUT2D eigenvalue weighted by atomic mass is 10.1. The molecule has 3 nitrogen and oxygen atoms in total. The molecular weight excluding hydrogens is 281 g/mol. The maximum absolute atomic E-state index is 13.3. The van der Waals surface area contributed by atoms with Gasteiger partial charge in [-0.15, -0.1) is 0 Å². The molecule has 104 valence electrons. The number of aromatic carboxylic acids is 1. The van der Waals surface area contributed by atoms with E-state index in [2.05, 4.69) is 0 Å². The van der Waals surface area contributed by atoms with E-state index in [1.165, 1.54) is 18.2 Å². The highest BCUT2D eigenvalue weighted by atomic mass is 35.5. The van der Waals surface area contributed by atoms with Crippen molar-refractivity contribution in [2.75, 3.05) is 11.4 Å². The number of benzene rings is 2. The lowest BCUT2D eigenvalue weighted by Crippen LogP contribution is -2.19. The summed E-state index contributed by atoms with van der Waals surface area (Å²) in [6, 6.07) is 10.9. The van der Waals surface area contributed by atoms with E-state index in [-0.39, 0.29) is 16.4 Å². The highest BCUT2D eigenvalue weighted by molar-refractivity contribution is 6.34. The zero-order chi connectivity index (χ0) is 14.7. The third kappa shape index (κ3) is 2.75. The molecule has 0 amide bonds. The number of anilines is 2. The number of halogens is 2. The van der Waals surface area contributed by atoms with Gasteiger partial charge in [0.05, 0.1) is 10.7 Å². The van der Waals surface area contributed by atoms with Crippen LogP contribution in [0.4, 0.5) is 15.8 Å². The van der Waals surface area contributed by atoms with E-state index in [4.69, 9.17) is 11.6 Å². The fourth-order valence-electron chi connectivity index (χ4n) is 2.09. The van der Waals surface area contributed by atoms with Gasteiger partial charge in [0, 0.05) is 12.2 Å². The molecule has 1 N–H and O–H groups in total. The fourth-order valence-corrected chi connectivity index (χ4v) is 2.34. The van der Waals surface area contributed by atoms with Crippen LogP contribution in [0.1, 0.15) is 17.3 Å². The van der Waals surface area contributed by atoms with Gasteiger partial charge in [-0.25, -0.2) is 9.18 Å². The van der Waals surface area contributed by atoms with Crippen LogP contribution in [0.15, 0.2) is 42.5 Å². The van der Waals surface area contributed by atoms with Gasteiger partial charge in [0.25, 0.3) is 0 Å². The average molecular weight is 294 g/mol. The van der Waals surface area contributed by atoms with E-state index in [0.717, 1.165) is 0 Å². The molecule has 0 fully saturated rings. The molecule has 0 aromatic heterocycles. The number of carboxylic acids is 1. The largest absolute Gasteiger partial charge is 0.478 e. The van der Waals surface area contributed by atoms with Gasteiger partial charge in [0.2, 0.25) is 0 Å². The van der Waals surface area contributed by atoms with Crippen molar-refractivity contribution in [2.45, 2.75) is 6.92 Å². The molecule has 2 aromatic carbocycles. The first-order valence-electron chi connectivity index (χ1n) is 6.09. The number of rotatable bonds is 4. The third-order valence-corrected chi connectivity index (χ3v) is 3.25. The van der Waals surface area contributed by atoms with Crippen LogP contribution in [0.3, 0.4) is 0 Å². The van der Waals surface area contributed by atoms with E-state index < -0.39 is 5.97 Å². The molecule has 0 unspecified atom stereocenters. The second kappa shape index (κ2) is 5.92. The van der Waals surface area contributed by atoms with E-state index in [9.17, 15) is 14.3 Å². The van der Waals surface area contributed by atoms with Crippen LogP contribution < -0.4 is 4.90 Å². The highest BCUT2D eigenvalue weighted by Crippen LogP contribution is 2.32. The summed E-state index contributed by atoms with van der Waals surface area (Å²) in [5.41, 5.74) is 1.04. The standard InChI is InChI=1S/C15H13ClFNO2/c1-2-18(11-6-3-5-10(17)9-11)13-8-4-7-12(16)14(13)15(19)20/h3-9H,2H2,1H3,(H,19,20). The maximum atomic E-state index is 13.3. The van der Waals surface area contributed by atoms with Crippen molar-refractivity contribution < 1.29 is 14.3 Å². The maximum Gasteiger partial charge on any atom is 0.339 e. The van der Waals surface area contributed by atoms with Crippen LogP contribution in [-0.4, -0.2) is 17.6 Å². The topological polar surface area (TPSA) is 40.5 Å². The Kier molecular flexibility index (Phi) is 4.25. The van der Waals surface area contributed by atoms with Gasteiger partial charge in [0.15, 0.2) is 0 Å². The van der Waals surface area contributed by atoms with Gasteiger partial charge in [0.1, 0.15) is 11.4 Å². The number of nitrogens with zero attached hydrogens (tertiary/aromatic N) is 1. The first-order chi connectivity index (χ1) is 9.54. The summed E-state index contributed by atoms with van der Waals surface area (Å²) in [5, 5.41) is 9.46. The van der Waals surface area contributed by atoms with Gasteiger partial charge < -0.3 is 10.0 Å². The lowest BCUT2D eigenvalue weighted by molar-refractivity contribution is 0.0698. The fraction of sp³-hybridized carbons (Fsp3) is 0.133. The Labute approximate surface area is 121 Å². The summed E-state index contributed by atoms with van der Waals surface area (Å²) in [4.78, 5) is 13.1. The number of carboxylic acid groups (broad SMARTS) is 1. The molecule has 20 heavy (non-hydrogen) atoms. The van der Waals surface area contributed by atoms with E-state index >= 15 is 0 Å². The Balaban J connectivity index is 2.58. The number of carbonyl (C=O) groups is 1. The first-order valence-corrected chi connectivity index (χ1v) is 6.47. The van der Waals surface area contributed by atoms with Crippen molar-refractivity contribution in [3.8, 4) is 0 Å². The van der Waals surface area contributed by atoms with Gasteiger partial charge in [-0.1, -0.05) is 23.7 Å². The first kappa shape index (κ1) is 14.3. The molecule has 0 atom stereocenters. The zero-order valence-electron chi connectivity index (χ0n) is 10.8. The van der Waals surface area contributed by atoms with Crippen molar-refractivity contribution in [1.82, 2.24) is 0 Å². The van der Waals surface area contributed by atoms with Crippen LogP contribution in [0.2, 0.25) is 5.02 Å². The third-order valence-electron chi connectivity index (χ3n) is 2.93. The van der Waals surface area contributed by atoms with E-state index in [1.54, 1.807) is 29.2 Å². The Morgan fingerprint density at radius 3 is 2.60 bits per heavy atom. The number of hydrogen-bond donors (Lipinski definition) is 1. The predicted octanol–water partition coefficient (Wildman–Crippen LogP) is 4.34. The van der Waals surface area contributed by atoms with Gasteiger partial charge in [-0.2, -0.15) is 0 Å². The summed E-state index contributed by atoms with van der Waals surface area (Å²) in [6.07, 6.45) is 0. The molecule has 0 spiro atoms. The lowest BCUT2D eigenvalue weighted by Gasteiger charge is -2.25. The van der Waals surface area contributed by atoms with E-state index in [0.29, 0.717) is 17.9 Å². The molecule has 0 aliphatic rings. The second-order valence-electron chi connectivity index (χ2n) is 4.16. The molecule has 0 aliphatic carbocycles. The van der Waals surface area contributed by atoms with Crippen molar-refractivity contribution in [1.29, 1.82) is 0 Å². The SMILES string of the molecule is CCN(c1cccc(F)c1)c1cccc(Cl)c1C(=O)O. The monoisotopic (exact) mass is 293 g/mol. The Morgan fingerprint density at radius 1 is 1.30 bits per heavy atom. The Hall–Kier alpha value is -2.07. The molecule has 0 heterocycles. The van der Waals surface area contributed by atoms with E-state index in [1.807, 2.05) is 6.92 Å². The number of hydrogen-bond acceptors (Lipinski definition) is 2. The Bertz CT molecular complexity index is 646. The molecule has 2 rings (SSSR count). The second-order valence-corrected chi connectivity index (χ2v) is 4.57. The summed E-state index contributed by atoms with van der Waals surface area (Å²) in [6.45, 7) is 2.35. The molecule has 0 bridgehead atoms. The van der Waals surface area contributed by atoms with Crippen LogP contribution in [0.25, 0.3) is 0 Å². The van der Waals surface area contributed by atoms with Gasteiger partial charge in [-0.05, 0) is 37.3 Å². The van der Waals surface area contributed by atoms with Crippen molar-refractivity contribution in [3.05, 3.63) is 58.9 Å². The minimum Gasteiger partial charge on any atom is -0.478 e. The Morgan fingerprint density at radius 2 is 2.00 bits per heavy atom. The molecule has 0 saturated carbocycles. The van der Waals surface area contributed by atoms with Crippen LogP contribution in [-0.2, 0) is 0 Å². The van der Waals surface area contributed by atoms with Gasteiger partial charge in [-0.3, -0.25) is 0 Å². The minimum absolute atomic E-state index is 0.0141. The van der Waals surface area contributed by atoms with Crippen molar-refractivity contribution >= 4 is 28.9 Å². The summed E-state index contributed by atoms with van der Waals surface area (Å²) in [5.74, 6) is -1.49.